The van der Waals surface area contributed by atoms with Gasteiger partial charge in [-0.2, -0.15) is 5.26 Å². The predicted octanol–water partition coefficient (Wildman–Crippen LogP) is 2.96. The van der Waals surface area contributed by atoms with Crippen molar-refractivity contribution in [2.45, 2.75) is 32.4 Å². The van der Waals surface area contributed by atoms with Crippen molar-refractivity contribution in [2.75, 3.05) is 31.1 Å². The summed E-state index contributed by atoms with van der Waals surface area (Å²) >= 11 is 0. The summed E-state index contributed by atoms with van der Waals surface area (Å²) in [6.45, 7) is 5.87. The van der Waals surface area contributed by atoms with Gasteiger partial charge in [0.05, 0.1) is 5.56 Å². The van der Waals surface area contributed by atoms with E-state index in [1.807, 2.05) is 0 Å². The molecule has 1 aromatic carbocycles. The highest BCUT2D eigenvalue weighted by atomic mass is 15.3. The first-order valence-electron chi connectivity index (χ1n) is 10.1. The Labute approximate surface area is 165 Å². The van der Waals surface area contributed by atoms with Gasteiger partial charge in [-0.15, -0.1) is 0 Å². The highest BCUT2D eigenvalue weighted by Crippen LogP contribution is 2.34. The van der Waals surface area contributed by atoms with E-state index in [1.54, 1.807) is 6.33 Å². The van der Waals surface area contributed by atoms with Crippen molar-refractivity contribution in [3.8, 4) is 6.07 Å². The zero-order valence-electron chi connectivity index (χ0n) is 16.0. The average Bonchev–Trinajstić information content (AvgIpc) is 3.09. The van der Waals surface area contributed by atoms with Crippen molar-refractivity contribution in [1.82, 2.24) is 19.4 Å². The lowest BCUT2D eigenvalue weighted by Gasteiger charge is -2.35. The van der Waals surface area contributed by atoms with Crippen molar-refractivity contribution in [3.05, 3.63) is 53.5 Å². The first-order chi connectivity index (χ1) is 13.8. The fourth-order valence-corrected chi connectivity index (χ4v) is 4.58. The number of hydrogen-bond acceptors (Lipinski definition) is 5. The molecular formula is C22H24N6. The second-order valence-corrected chi connectivity index (χ2v) is 7.69. The summed E-state index contributed by atoms with van der Waals surface area (Å²) in [6, 6.07) is 13.1. The molecule has 0 bridgehead atoms. The molecule has 0 saturated carbocycles. The van der Waals surface area contributed by atoms with Crippen LogP contribution in [0.15, 0.2) is 36.7 Å². The Morgan fingerprint density at radius 1 is 0.964 bits per heavy atom. The van der Waals surface area contributed by atoms with E-state index in [0.717, 1.165) is 86.6 Å². The molecular weight excluding hydrogens is 348 g/mol. The van der Waals surface area contributed by atoms with Crippen LogP contribution in [0.3, 0.4) is 0 Å². The minimum absolute atomic E-state index is 0.751. The molecule has 28 heavy (non-hydrogen) atoms. The van der Waals surface area contributed by atoms with Crippen LogP contribution in [0, 0.1) is 11.3 Å². The molecule has 1 fully saturated rings. The third kappa shape index (κ3) is 2.92. The van der Waals surface area contributed by atoms with Crippen LogP contribution < -0.4 is 4.90 Å². The van der Waals surface area contributed by atoms with E-state index in [0.29, 0.717) is 0 Å². The van der Waals surface area contributed by atoms with Gasteiger partial charge < -0.3 is 9.47 Å². The van der Waals surface area contributed by atoms with Crippen molar-refractivity contribution < 1.29 is 0 Å². The average molecular weight is 372 g/mol. The lowest BCUT2D eigenvalue weighted by Crippen LogP contribution is -2.46. The highest BCUT2D eigenvalue weighted by molar-refractivity contribution is 5.92. The van der Waals surface area contributed by atoms with Crippen molar-refractivity contribution in [3.63, 3.8) is 0 Å². The fraction of sp³-hybridized carbons (Fsp3) is 0.409. The molecule has 1 saturated heterocycles. The summed E-state index contributed by atoms with van der Waals surface area (Å²) in [7, 11) is 0. The normalized spacial score (nSPS) is 17.5. The third-order valence-electron chi connectivity index (χ3n) is 6.00. The fourth-order valence-electron chi connectivity index (χ4n) is 4.58. The molecule has 2 aliphatic rings. The molecule has 3 aromatic rings. The Morgan fingerprint density at radius 3 is 2.57 bits per heavy atom. The lowest BCUT2D eigenvalue weighted by atomic mass is 10.1. The van der Waals surface area contributed by atoms with E-state index >= 15 is 0 Å². The zero-order chi connectivity index (χ0) is 18.9. The van der Waals surface area contributed by atoms with E-state index in [9.17, 15) is 5.26 Å². The first kappa shape index (κ1) is 17.2. The number of nitriles is 1. The maximum absolute atomic E-state index is 9.71. The molecule has 0 aliphatic carbocycles. The van der Waals surface area contributed by atoms with Crippen LogP contribution in [0.4, 0.5) is 5.82 Å². The predicted molar refractivity (Wildman–Crippen MR) is 109 cm³/mol. The largest absolute Gasteiger partial charge is 0.352 e. The van der Waals surface area contributed by atoms with Crippen molar-refractivity contribution in [1.29, 1.82) is 5.26 Å². The molecule has 0 N–H and O–H groups in total. The molecule has 0 spiro atoms. The summed E-state index contributed by atoms with van der Waals surface area (Å²) in [5.41, 5.74) is 5.15. The van der Waals surface area contributed by atoms with Crippen molar-refractivity contribution in [2.24, 2.45) is 0 Å². The molecule has 0 unspecified atom stereocenters. The van der Waals surface area contributed by atoms with Gasteiger partial charge in [0.25, 0.3) is 0 Å². The second kappa shape index (κ2) is 7.25. The number of fused-ring (bicyclic) bond motifs is 3. The second-order valence-electron chi connectivity index (χ2n) is 7.69. The van der Waals surface area contributed by atoms with Gasteiger partial charge in [-0.05, 0) is 24.8 Å². The summed E-state index contributed by atoms with van der Waals surface area (Å²) < 4.78 is 2.31. The Bertz CT molecular complexity index is 1020. The molecule has 5 rings (SSSR count). The maximum atomic E-state index is 9.71. The van der Waals surface area contributed by atoms with Crippen LogP contribution in [0.1, 0.15) is 29.7 Å². The van der Waals surface area contributed by atoms with Crippen LogP contribution in [0.5, 0.6) is 0 Å². The number of nitrogens with zero attached hydrogens (tertiary/aromatic N) is 6. The number of benzene rings is 1. The summed E-state index contributed by atoms with van der Waals surface area (Å²) in [5, 5.41) is 9.71. The number of piperazine rings is 1. The highest BCUT2D eigenvalue weighted by Gasteiger charge is 2.27. The van der Waals surface area contributed by atoms with E-state index in [-0.39, 0.29) is 0 Å². The maximum Gasteiger partial charge on any atom is 0.156 e. The Hall–Kier alpha value is -2.91. The number of rotatable bonds is 3. The number of aromatic nitrogens is 3. The molecule has 0 radical (unpaired) electrons. The van der Waals surface area contributed by atoms with Gasteiger partial charge in [-0.1, -0.05) is 30.3 Å². The molecule has 0 atom stereocenters. The minimum atomic E-state index is 0.751. The first-order valence-corrected chi connectivity index (χ1v) is 10.1. The monoisotopic (exact) mass is 372 g/mol. The van der Waals surface area contributed by atoms with Gasteiger partial charge in [0.1, 0.15) is 23.4 Å². The Morgan fingerprint density at radius 2 is 1.79 bits per heavy atom. The van der Waals surface area contributed by atoms with E-state index in [2.05, 4.69) is 60.7 Å². The Balaban J connectivity index is 1.42. The van der Waals surface area contributed by atoms with Gasteiger partial charge in [0.15, 0.2) is 5.82 Å². The van der Waals surface area contributed by atoms with Crippen LogP contribution in [0.2, 0.25) is 0 Å². The van der Waals surface area contributed by atoms with Crippen LogP contribution >= 0.6 is 0 Å². The topological polar surface area (TPSA) is 61.0 Å². The molecule has 2 aliphatic heterocycles. The van der Waals surface area contributed by atoms with Gasteiger partial charge in [0, 0.05) is 45.0 Å². The minimum Gasteiger partial charge on any atom is -0.352 e. The van der Waals surface area contributed by atoms with Gasteiger partial charge >= 0.3 is 0 Å². The van der Waals surface area contributed by atoms with E-state index < -0.39 is 0 Å². The van der Waals surface area contributed by atoms with Crippen LogP contribution in [-0.2, 0) is 19.5 Å². The Kier molecular flexibility index (Phi) is 4.46. The van der Waals surface area contributed by atoms with E-state index in [1.165, 1.54) is 5.56 Å². The molecule has 4 heterocycles. The zero-order valence-corrected chi connectivity index (χ0v) is 16.0. The van der Waals surface area contributed by atoms with Gasteiger partial charge in [-0.25, -0.2) is 9.97 Å². The summed E-state index contributed by atoms with van der Waals surface area (Å²) in [6.07, 6.45) is 4.89. The van der Waals surface area contributed by atoms with Crippen LogP contribution in [0.25, 0.3) is 11.0 Å². The third-order valence-corrected chi connectivity index (χ3v) is 6.00. The summed E-state index contributed by atoms with van der Waals surface area (Å²) in [4.78, 5) is 14.0. The van der Waals surface area contributed by atoms with Gasteiger partial charge in [-0.3, -0.25) is 4.90 Å². The molecule has 2 aromatic heterocycles. The van der Waals surface area contributed by atoms with Crippen molar-refractivity contribution >= 4 is 16.9 Å². The number of aryl methyl sites for hydroxylation is 1. The standard InChI is InChI=1S/C22H24N6/c23-14-18-19-8-4-5-9-28(19)21-20(18)24-16-25-22(21)27-12-10-26(11-13-27)15-17-6-2-1-3-7-17/h1-3,6-7,16H,4-5,8-13,15H2. The van der Waals surface area contributed by atoms with Gasteiger partial charge in [0.2, 0.25) is 0 Å². The van der Waals surface area contributed by atoms with Crippen LogP contribution in [-0.4, -0.2) is 45.6 Å². The molecule has 142 valence electrons. The number of hydrogen-bond donors (Lipinski definition) is 0. The lowest BCUT2D eigenvalue weighted by molar-refractivity contribution is 0.249. The number of anilines is 1. The summed E-state index contributed by atoms with van der Waals surface area (Å²) in [5.74, 6) is 0.994. The quantitative estimate of drug-likeness (QED) is 0.707. The molecule has 6 nitrogen and oxygen atoms in total. The smallest absolute Gasteiger partial charge is 0.156 e. The SMILES string of the molecule is N#Cc1c2n(c3c(N4CCN(Cc5ccccc5)CC4)ncnc13)CCCC2. The van der Waals surface area contributed by atoms with E-state index in [4.69, 9.17) is 0 Å². The molecule has 0 amide bonds. The molecule has 6 heteroatoms.